The normalized spacial score (nSPS) is 10.2. The molecule has 2 aromatic carbocycles. The van der Waals surface area contributed by atoms with E-state index in [4.69, 9.17) is 33.0 Å². The molecule has 0 radical (unpaired) electrons. The number of aromatic carboxylic acids is 1. The maximum Gasteiger partial charge on any atom is 0.335 e. The molecular weight excluding hydrogens is 313 g/mol. The Morgan fingerprint density at radius 3 is 2.29 bits per heavy atom. The van der Waals surface area contributed by atoms with Crippen LogP contribution in [0.4, 0.5) is 5.69 Å². The molecule has 0 aromatic heterocycles. The van der Waals surface area contributed by atoms with Crippen LogP contribution in [0.2, 0.25) is 10.0 Å². The van der Waals surface area contributed by atoms with Gasteiger partial charge in [0.25, 0.3) is 0 Å². The van der Waals surface area contributed by atoms with Crippen LogP contribution in [-0.4, -0.2) is 24.2 Å². The topological polar surface area (TPSA) is 58.6 Å². The van der Waals surface area contributed by atoms with Gasteiger partial charge in [0.15, 0.2) is 0 Å². The highest BCUT2D eigenvalue weighted by atomic mass is 35.5. The van der Waals surface area contributed by atoms with Crippen molar-refractivity contribution < 1.29 is 14.6 Å². The minimum absolute atomic E-state index is 0.225. The first-order valence-electron chi connectivity index (χ1n) is 6.22. The minimum Gasteiger partial charge on any atom is -0.492 e. The van der Waals surface area contributed by atoms with E-state index in [0.29, 0.717) is 34.6 Å². The maximum atomic E-state index is 10.7. The standard InChI is InChI=1S/C15H13Cl2NO3/c16-12-2-1-3-13(17)14(12)18-8-9-21-11-6-4-10(5-7-11)15(19)20/h1-7,18H,8-9H2,(H,19,20). The number of ether oxygens (including phenoxy) is 1. The molecule has 4 nitrogen and oxygen atoms in total. The van der Waals surface area contributed by atoms with Gasteiger partial charge in [-0.1, -0.05) is 29.3 Å². The van der Waals surface area contributed by atoms with Crippen LogP contribution in [0.3, 0.4) is 0 Å². The van der Waals surface area contributed by atoms with E-state index in [0.717, 1.165) is 0 Å². The van der Waals surface area contributed by atoms with Crippen molar-refractivity contribution in [2.24, 2.45) is 0 Å². The van der Waals surface area contributed by atoms with E-state index in [1.54, 1.807) is 30.3 Å². The smallest absolute Gasteiger partial charge is 0.335 e. The van der Waals surface area contributed by atoms with Gasteiger partial charge in [-0.15, -0.1) is 0 Å². The van der Waals surface area contributed by atoms with Crippen LogP contribution in [0.1, 0.15) is 10.4 Å². The molecule has 2 aromatic rings. The molecule has 2 N–H and O–H groups in total. The Bertz CT molecular complexity index is 609. The van der Waals surface area contributed by atoms with Crippen molar-refractivity contribution >= 4 is 34.9 Å². The number of rotatable bonds is 6. The van der Waals surface area contributed by atoms with Crippen LogP contribution in [0.5, 0.6) is 5.75 Å². The van der Waals surface area contributed by atoms with Crippen LogP contribution < -0.4 is 10.1 Å². The van der Waals surface area contributed by atoms with E-state index in [1.165, 1.54) is 12.1 Å². The number of benzene rings is 2. The monoisotopic (exact) mass is 325 g/mol. The van der Waals surface area contributed by atoms with Crippen LogP contribution in [-0.2, 0) is 0 Å². The number of hydrogen-bond acceptors (Lipinski definition) is 3. The zero-order chi connectivity index (χ0) is 15.2. The number of hydrogen-bond donors (Lipinski definition) is 2. The molecule has 0 aliphatic heterocycles. The first-order chi connectivity index (χ1) is 10.1. The molecule has 21 heavy (non-hydrogen) atoms. The molecule has 0 aliphatic rings. The van der Waals surface area contributed by atoms with E-state index >= 15 is 0 Å². The average Bonchev–Trinajstić information content (AvgIpc) is 2.46. The van der Waals surface area contributed by atoms with Crippen molar-refractivity contribution in [3.05, 3.63) is 58.1 Å². The van der Waals surface area contributed by atoms with Crippen molar-refractivity contribution in [2.75, 3.05) is 18.5 Å². The number of halogens is 2. The highest BCUT2D eigenvalue weighted by Crippen LogP contribution is 2.29. The maximum absolute atomic E-state index is 10.7. The Balaban J connectivity index is 1.83. The number of carboxylic acid groups (broad SMARTS) is 1. The summed E-state index contributed by atoms with van der Waals surface area (Å²) in [6, 6.07) is 11.5. The fourth-order valence-electron chi connectivity index (χ4n) is 1.71. The van der Waals surface area contributed by atoms with Crippen LogP contribution in [0, 0.1) is 0 Å². The molecule has 0 spiro atoms. The molecule has 0 bridgehead atoms. The Labute approximate surface area is 132 Å². The van der Waals surface area contributed by atoms with E-state index in [1.807, 2.05) is 0 Å². The highest BCUT2D eigenvalue weighted by Gasteiger charge is 2.05. The molecule has 6 heteroatoms. The average molecular weight is 326 g/mol. The molecule has 0 saturated carbocycles. The lowest BCUT2D eigenvalue weighted by Gasteiger charge is -2.11. The number of para-hydroxylation sites is 1. The summed E-state index contributed by atoms with van der Waals surface area (Å²) in [4.78, 5) is 10.7. The summed E-state index contributed by atoms with van der Waals surface area (Å²) in [5, 5.41) is 13.0. The zero-order valence-electron chi connectivity index (χ0n) is 11.0. The van der Waals surface area contributed by atoms with Gasteiger partial charge in [-0.05, 0) is 36.4 Å². The van der Waals surface area contributed by atoms with Gasteiger partial charge in [-0.2, -0.15) is 0 Å². The molecular formula is C15H13Cl2NO3. The van der Waals surface area contributed by atoms with E-state index < -0.39 is 5.97 Å². The van der Waals surface area contributed by atoms with E-state index in [2.05, 4.69) is 5.32 Å². The summed E-state index contributed by atoms with van der Waals surface area (Å²) in [7, 11) is 0. The lowest BCUT2D eigenvalue weighted by Crippen LogP contribution is -2.12. The van der Waals surface area contributed by atoms with Gasteiger partial charge in [-0.25, -0.2) is 4.79 Å². The Hall–Kier alpha value is -1.91. The van der Waals surface area contributed by atoms with Gasteiger partial charge in [0.2, 0.25) is 0 Å². The molecule has 0 heterocycles. The van der Waals surface area contributed by atoms with Gasteiger partial charge in [0.05, 0.1) is 21.3 Å². The number of carbonyl (C=O) groups is 1. The summed E-state index contributed by atoms with van der Waals surface area (Å²) >= 11 is 12.1. The lowest BCUT2D eigenvalue weighted by molar-refractivity contribution is 0.0697. The van der Waals surface area contributed by atoms with Crippen LogP contribution >= 0.6 is 23.2 Å². The molecule has 0 unspecified atom stereocenters. The number of nitrogens with one attached hydrogen (secondary N) is 1. The molecule has 0 amide bonds. The summed E-state index contributed by atoms with van der Waals surface area (Å²) < 4.78 is 5.50. The summed E-state index contributed by atoms with van der Waals surface area (Å²) in [6.45, 7) is 0.915. The van der Waals surface area contributed by atoms with Gasteiger partial charge < -0.3 is 15.2 Å². The molecule has 2 rings (SSSR count). The molecule has 0 aliphatic carbocycles. The van der Waals surface area contributed by atoms with Crippen molar-refractivity contribution in [3.63, 3.8) is 0 Å². The summed E-state index contributed by atoms with van der Waals surface area (Å²) in [5.74, 6) is -0.358. The van der Waals surface area contributed by atoms with Crippen LogP contribution in [0.15, 0.2) is 42.5 Å². The third-order valence-electron chi connectivity index (χ3n) is 2.74. The van der Waals surface area contributed by atoms with Crippen molar-refractivity contribution in [1.82, 2.24) is 0 Å². The largest absolute Gasteiger partial charge is 0.492 e. The summed E-state index contributed by atoms with van der Waals surface area (Å²) in [5.41, 5.74) is 0.897. The second-order valence-electron chi connectivity index (χ2n) is 4.20. The van der Waals surface area contributed by atoms with E-state index in [-0.39, 0.29) is 5.56 Å². The predicted octanol–water partition coefficient (Wildman–Crippen LogP) is 4.18. The van der Waals surface area contributed by atoms with Gasteiger partial charge in [-0.3, -0.25) is 0 Å². The van der Waals surface area contributed by atoms with Crippen molar-refractivity contribution in [3.8, 4) is 5.75 Å². The molecule has 0 atom stereocenters. The Morgan fingerprint density at radius 2 is 1.71 bits per heavy atom. The summed E-state index contributed by atoms with van der Waals surface area (Å²) in [6.07, 6.45) is 0. The van der Waals surface area contributed by atoms with Crippen molar-refractivity contribution in [2.45, 2.75) is 0 Å². The van der Waals surface area contributed by atoms with E-state index in [9.17, 15) is 4.79 Å². The highest BCUT2D eigenvalue weighted by molar-refractivity contribution is 6.39. The Morgan fingerprint density at radius 1 is 1.10 bits per heavy atom. The Kier molecular flexibility index (Phi) is 5.31. The molecule has 110 valence electrons. The first kappa shape index (κ1) is 15.5. The number of carboxylic acids is 1. The van der Waals surface area contributed by atoms with Gasteiger partial charge >= 0.3 is 5.97 Å². The predicted molar refractivity (Wildman–Crippen MR) is 83.8 cm³/mol. The molecule has 0 fully saturated rings. The van der Waals surface area contributed by atoms with Gasteiger partial charge in [0, 0.05) is 6.54 Å². The second-order valence-corrected chi connectivity index (χ2v) is 5.02. The number of anilines is 1. The van der Waals surface area contributed by atoms with Crippen molar-refractivity contribution in [1.29, 1.82) is 0 Å². The SMILES string of the molecule is O=C(O)c1ccc(OCCNc2c(Cl)cccc2Cl)cc1. The fraction of sp³-hybridized carbons (Fsp3) is 0.133. The third-order valence-corrected chi connectivity index (χ3v) is 3.37. The lowest BCUT2D eigenvalue weighted by atomic mass is 10.2. The fourth-order valence-corrected chi connectivity index (χ4v) is 2.24. The minimum atomic E-state index is -0.962. The first-order valence-corrected chi connectivity index (χ1v) is 6.97. The van der Waals surface area contributed by atoms with Crippen LogP contribution in [0.25, 0.3) is 0 Å². The quantitative estimate of drug-likeness (QED) is 0.782. The zero-order valence-corrected chi connectivity index (χ0v) is 12.5. The van der Waals surface area contributed by atoms with Gasteiger partial charge in [0.1, 0.15) is 12.4 Å². The third kappa shape index (κ3) is 4.28. The second kappa shape index (κ2) is 7.20. The molecule has 0 saturated heterocycles.